The molecule has 128 valence electrons. The molecule has 0 unspecified atom stereocenters. The van der Waals surface area contributed by atoms with Gasteiger partial charge in [-0.05, 0) is 43.7 Å². The predicted molar refractivity (Wildman–Crippen MR) is 93.7 cm³/mol. The minimum absolute atomic E-state index is 0.0242. The Balaban J connectivity index is 1.80. The highest BCUT2D eigenvalue weighted by atomic mass is 16.4. The molecular weight excluding hydrogens is 332 g/mol. The molecule has 2 heterocycles. The molecule has 3 aromatic rings. The van der Waals surface area contributed by atoms with Crippen molar-refractivity contribution in [2.24, 2.45) is 0 Å². The number of rotatable bonds is 2. The summed E-state index contributed by atoms with van der Waals surface area (Å²) in [6, 6.07) is 10.4. The average molecular weight is 346 g/mol. The van der Waals surface area contributed by atoms with Crippen molar-refractivity contribution in [3.05, 3.63) is 82.1 Å². The van der Waals surface area contributed by atoms with Crippen LogP contribution in [0, 0.1) is 13.8 Å². The molecule has 26 heavy (non-hydrogen) atoms. The third-order valence-electron chi connectivity index (χ3n) is 4.29. The van der Waals surface area contributed by atoms with Crippen molar-refractivity contribution in [2.45, 2.75) is 13.8 Å². The molecule has 4 rings (SSSR count). The van der Waals surface area contributed by atoms with Crippen molar-refractivity contribution >= 4 is 23.2 Å². The molecule has 0 aliphatic heterocycles. The minimum Gasteiger partial charge on any atom is -0.456 e. The molecule has 0 saturated heterocycles. The van der Waals surface area contributed by atoms with Gasteiger partial charge in [0.1, 0.15) is 11.5 Å². The van der Waals surface area contributed by atoms with Crippen LogP contribution in [0.15, 0.2) is 47.0 Å². The van der Waals surface area contributed by atoms with E-state index in [1.165, 1.54) is 12.3 Å². The predicted octanol–water partition coefficient (Wildman–Crippen LogP) is 3.32. The molecule has 6 heteroatoms. The van der Waals surface area contributed by atoms with E-state index >= 15 is 0 Å². The number of hydrogen-bond donors (Lipinski definition) is 1. The number of aryl methyl sites for hydroxylation is 2. The molecule has 0 bridgehead atoms. The van der Waals surface area contributed by atoms with Crippen molar-refractivity contribution in [3.8, 4) is 0 Å². The number of amides is 1. The number of ketones is 2. The van der Waals surface area contributed by atoms with Crippen LogP contribution >= 0.6 is 0 Å². The molecule has 6 nitrogen and oxygen atoms in total. The Kier molecular flexibility index (Phi) is 3.54. The van der Waals surface area contributed by atoms with Crippen molar-refractivity contribution < 1.29 is 18.8 Å². The summed E-state index contributed by atoms with van der Waals surface area (Å²) in [6.07, 6.45) is 1.44. The lowest BCUT2D eigenvalue weighted by atomic mass is 9.89. The molecule has 0 spiro atoms. The van der Waals surface area contributed by atoms with Crippen LogP contribution in [-0.2, 0) is 0 Å². The number of carbonyl (C=O) groups is 3. The number of nitrogens with one attached hydrogen (secondary N) is 1. The summed E-state index contributed by atoms with van der Waals surface area (Å²) in [6.45, 7) is 3.47. The van der Waals surface area contributed by atoms with Crippen LogP contribution < -0.4 is 5.32 Å². The molecule has 1 aromatic carbocycles. The zero-order valence-electron chi connectivity index (χ0n) is 14.1. The lowest BCUT2D eigenvalue weighted by Gasteiger charge is -2.13. The fourth-order valence-electron chi connectivity index (χ4n) is 3.12. The molecule has 2 aromatic heterocycles. The lowest BCUT2D eigenvalue weighted by molar-refractivity contribution is 0.0953. The Morgan fingerprint density at radius 3 is 2.65 bits per heavy atom. The zero-order valence-corrected chi connectivity index (χ0v) is 14.1. The third-order valence-corrected chi connectivity index (χ3v) is 4.29. The van der Waals surface area contributed by atoms with Crippen molar-refractivity contribution in [1.82, 2.24) is 4.98 Å². The number of hydrogen-bond acceptors (Lipinski definition) is 5. The van der Waals surface area contributed by atoms with Gasteiger partial charge in [0.05, 0.1) is 16.7 Å². The number of aromatic nitrogens is 1. The van der Waals surface area contributed by atoms with Crippen LogP contribution in [0.3, 0.4) is 0 Å². The van der Waals surface area contributed by atoms with E-state index in [4.69, 9.17) is 4.42 Å². The Hall–Kier alpha value is -3.54. The maximum Gasteiger partial charge on any atom is 0.259 e. The van der Waals surface area contributed by atoms with Crippen LogP contribution in [0.1, 0.15) is 53.9 Å². The highest BCUT2D eigenvalue weighted by molar-refractivity contribution is 6.30. The van der Waals surface area contributed by atoms with E-state index in [1.807, 2.05) is 25.1 Å². The average Bonchev–Trinajstić information content (AvgIpc) is 2.97. The first-order chi connectivity index (χ1) is 12.5. The molecule has 0 fully saturated rings. The summed E-state index contributed by atoms with van der Waals surface area (Å²) < 4.78 is 5.50. The first-order valence-corrected chi connectivity index (χ1v) is 8.03. The number of fused-ring (bicyclic) bond motifs is 2. The summed E-state index contributed by atoms with van der Waals surface area (Å²) in [5.74, 6) is -1.32. The van der Waals surface area contributed by atoms with Gasteiger partial charge in [0, 0.05) is 11.9 Å². The van der Waals surface area contributed by atoms with E-state index in [2.05, 4.69) is 10.3 Å². The fourth-order valence-corrected chi connectivity index (χ4v) is 3.12. The number of anilines is 1. The summed E-state index contributed by atoms with van der Waals surface area (Å²) in [4.78, 5) is 42.3. The second kappa shape index (κ2) is 5.77. The highest BCUT2D eigenvalue weighted by Crippen LogP contribution is 2.32. The molecule has 1 N–H and O–H groups in total. The maximum absolute atomic E-state index is 12.8. The second-order valence-electron chi connectivity index (χ2n) is 6.12. The first kappa shape index (κ1) is 16.0. The van der Waals surface area contributed by atoms with Crippen molar-refractivity contribution in [3.63, 3.8) is 0 Å². The summed E-state index contributed by atoms with van der Waals surface area (Å²) in [5, 5.41) is 2.75. The summed E-state index contributed by atoms with van der Waals surface area (Å²) >= 11 is 0. The van der Waals surface area contributed by atoms with Crippen LogP contribution in [0.5, 0.6) is 0 Å². The molecule has 0 atom stereocenters. The van der Waals surface area contributed by atoms with Crippen LogP contribution in [0.4, 0.5) is 5.69 Å². The van der Waals surface area contributed by atoms with E-state index in [1.54, 1.807) is 19.1 Å². The molecular formula is C20H14N2O4. The molecule has 0 radical (unpaired) electrons. The van der Waals surface area contributed by atoms with Gasteiger partial charge in [-0.2, -0.15) is 0 Å². The third kappa shape index (κ3) is 2.35. The first-order valence-electron chi connectivity index (χ1n) is 8.03. The second-order valence-corrected chi connectivity index (χ2v) is 6.12. The van der Waals surface area contributed by atoms with Crippen molar-refractivity contribution in [1.29, 1.82) is 0 Å². The molecule has 1 aliphatic rings. The van der Waals surface area contributed by atoms with Gasteiger partial charge in [0.25, 0.3) is 5.91 Å². The highest BCUT2D eigenvalue weighted by Gasteiger charge is 2.39. The number of pyridine rings is 1. The number of benzene rings is 1. The van der Waals surface area contributed by atoms with Gasteiger partial charge < -0.3 is 9.73 Å². The van der Waals surface area contributed by atoms with E-state index in [-0.39, 0.29) is 33.9 Å². The largest absolute Gasteiger partial charge is 0.456 e. The van der Waals surface area contributed by atoms with Gasteiger partial charge in [-0.3, -0.25) is 19.4 Å². The summed E-state index contributed by atoms with van der Waals surface area (Å²) in [5.41, 5.74) is 1.84. The van der Waals surface area contributed by atoms with Gasteiger partial charge in [-0.1, -0.05) is 12.1 Å². The van der Waals surface area contributed by atoms with Crippen LogP contribution in [-0.4, -0.2) is 22.5 Å². The maximum atomic E-state index is 12.8. The number of furan rings is 1. The Bertz CT molecular complexity index is 1090. The van der Waals surface area contributed by atoms with E-state index in [0.29, 0.717) is 5.69 Å². The Labute approximate surface area is 148 Å². The standard InChI is InChI=1S/C20H14N2O4/c1-10-5-3-6-12(9-10)22-20(25)14-11(2)26-19-15(14)18(24)16-13(17(19)23)7-4-8-21-16/h3-9H,1-2H3,(H,22,25). The monoisotopic (exact) mass is 346 g/mol. The van der Waals surface area contributed by atoms with E-state index in [9.17, 15) is 14.4 Å². The zero-order chi connectivity index (χ0) is 18.4. The quantitative estimate of drug-likeness (QED) is 0.601. The van der Waals surface area contributed by atoms with Gasteiger partial charge >= 0.3 is 0 Å². The van der Waals surface area contributed by atoms with E-state index < -0.39 is 17.5 Å². The number of carbonyl (C=O) groups excluding carboxylic acids is 3. The number of nitrogens with zero attached hydrogens (tertiary/aromatic N) is 1. The lowest BCUT2D eigenvalue weighted by Crippen LogP contribution is -2.24. The van der Waals surface area contributed by atoms with Gasteiger partial charge in [-0.15, -0.1) is 0 Å². The van der Waals surface area contributed by atoms with E-state index in [0.717, 1.165) is 5.56 Å². The van der Waals surface area contributed by atoms with Gasteiger partial charge in [0.2, 0.25) is 11.6 Å². The van der Waals surface area contributed by atoms with Crippen LogP contribution in [0.2, 0.25) is 0 Å². The van der Waals surface area contributed by atoms with Gasteiger partial charge in [-0.25, -0.2) is 0 Å². The van der Waals surface area contributed by atoms with Crippen LogP contribution in [0.25, 0.3) is 0 Å². The fraction of sp³-hybridized carbons (Fsp3) is 0.100. The topological polar surface area (TPSA) is 89.3 Å². The summed E-state index contributed by atoms with van der Waals surface area (Å²) in [7, 11) is 0. The molecule has 1 amide bonds. The van der Waals surface area contributed by atoms with Crippen molar-refractivity contribution in [2.75, 3.05) is 5.32 Å². The normalized spacial score (nSPS) is 12.5. The minimum atomic E-state index is -0.501. The Morgan fingerprint density at radius 1 is 1.08 bits per heavy atom. The smallest absolute Gasteiger partial charge is 0.259 e. The molecule has 1 aliphatic carbocycles. The Morgan fingerprint density at radius 2 is 1.88 bits per heavy atom. The molecule has 0 saturated carbocycles. The SMILES string of the molecule is Cc1cccc(NC(=O)c2c(C)oc3c2C(=O)c2ncccc2C3=O)c1. The van der Waals surface area contributed by atoms with Gasteiger partial charge in [0.15, 0.2) is 5.76 Å².